The highest BCUT2D eigenvalue weighted by molar-refractivity contribution is 5.75. The van der Waals surface area contributed by atoms with E-state index in [1.54, 1.807) is 24.3 Å². The zero-order valence-electron chi connectivity index (χ0n) is 10.2. The first-order valence-electron chi connectivity index (χ1n) is 5.70. The Morgan fingerprint density at radius 2 is 1.89 bits per heavy atom. The van der Waals surface area contributed by atoms with Gasteiger partial charge in [0.05, 0.1) is 5.60 Å². The molecule has 1 nitrogen and oxygen atoms in total. The van der Waals surface area contributed by atoms with Crippen LogP contribution in [0.1, 0.15) is 18.9 Å². The second-order valence-electron chi connectivity index (χ2n) is 4.54. The van der Waals surface area contributed by atoms with Crippen LogP contribution in [0.15, 0.2) is 42.5 Å². The van der Waals surface area contributed by atoms with Crippen LogP contribution in [-0.4, -0.2) is 12.0 Å². The number of rotatable bonds is 2. The number of alkyl halides is 3. The Labute approximate surface area is 108 Å². The van der Waals surface area contributed by atoms with Crippen molar-refractivity contribution in [3.8, 4) is 0 Å². The number of hydrogen-bond donors (Lipinski definition) is 0. The summed E-state index contributed by atoms with van der Waals surface area (Å²) in [5, 5.41) is 0. The fraction of sp³-hybridized carbons (Fsp3) is 0.286. The summed E-state index contributed by atoms with van der Waals surface area (Å²) >= 11 is 0. The molecule has 1 unspecified atom stereocenters. The number of allylic oxidation sites excluding steroid dienone is 2. The summed E-state index contributed by atoms with van der Waals surface area (Å²) < 4.78 is 54.3. The van der Waals surface area contributed by atoms with Crippen LogP contribution < -0.4 is 0 Å². The molecule has 0 N–H and O–H groups in total. The third-order valence-corrected chi connectivity index (χ3v) is 2.88. The highest BCUT2D eigenvalue weighted by atomic mass is 19.4. The molecule has 102 valence electrons. The average molecular weight is 272 g/mol. The van der Waals surface area contributed by atoms with Crippen LogP contribution in [0.25, 0.3) is 5.57 Å². The van der Waals surface area contributed by atoms with Gasteiger partial charge in [-0.25, -0.2) is 4.39 Å². The molecule has 1 aromatic rings. The summed E-state index contributed by atoms with van der Waals surface area (Å²) in [6, 6.07) is 6.12. The monoisotopic (exact) mass is 272 g/mol. The van der Waals surface area contributed by atoms with E-state index in [1.807, 2.05) is 0 Å². The molecule has 2 rings (SSSR count). The van der Waals surface area contributed by atoms with E-state index in [4.69, 9.17) is 0 Å². The van der Waals surface area contributed by atoms with Gasteiger partial charge in [-0.3, -0.25) is 4.74 Å². The van der Waals surface area contributed by atoms with Gasteiger partial charge in [-0.1, -0.05) is 36.4 Å². The van der Waals surface area contributed by atoms with E-state index in [2.05, 4.69) is 4.74 Å². The number of ether oxygens (including phenoxy) is 1. The second-order valence-corrected chi connectivity index (χ2v) is 4.54. The van der Waals surface area contributed by atoms with E-state index < -0.39 is 17.8 Å². The minimum Gasteiger partial charge on any atom is -0.281 e. The zero-order valence-corrected chi connectivity index (χ0v) is 10.2. The van der Waals surface area contributed by atoms with Gasteiger partial charge in [-0.2, -0.15) is 0 Å². The van der Waals surface area contributed by atoms with Crippen LogP contribution in [0, 0.1) is 5.82 Å². The summed E-state index contributed by atoms with van der Waals surface area (Å²) in [6.45, 7) is 1.34. The summed E-state index contributed by atoms with van der Waals surface area (Å²) in [6.07, 6.45) is -0.352. The predicted octanol–water partition coefficient (Wildman–Crippen LogP) is 4.46. The maximum absolute atomic E-state index is 13.6. The van der Waals surface area contributed by atoms with Crippen molar-refractivity contribution in [3.63, 3.8) is 0 Å². The molecule has 5 heteroatoms. The highest BCUT2D eigenvalue weighted by Crippen LogP contribution is 2.34. The van der Waals surface area contributed by atoms with Gasteiger partial charge in [0.25, 0.3) is 0 Å². The van der Waals surface area contributed by atoms with Crippen LogP contribution in [0.4, 0.5) is 17.6 Å². The Hall–Kier alpha value is -1.62. The van der Waals surface area contributed by atoms with Crippen molar-refractivity contribution < 1.29 is 22.3 Å². The zero-order chi connectivity index (χ0) is 14.1. The topological polar surface area (TPSA) is 9.23 Å². The lowest BCUT2D eigenvalue weighted by Gasteiger charge is -2.29. The molecule has 0 heterocycles. The first kappa shape index (κ1) is 13.8. The molecule has 0 radical (unpaired) electrons. The molecule has 0 aromatic heterocycles. The maximum atomic E-state index is 13.6. The van der Waals surface area contributed by atoms with Crippen LogP contribution in [0.3, 0.4) is 0 Å². The predicted molar refractivity (Wildman–Crippen MR) is 63.7 cm³/mol. The molecule has 0 saturated heterocycles. The van der Waals surface area contributed by atoms with Gasteiger partial charge in [0.1, 0.15) is 5.82 Å². The van der Waals surface area contributed by atoms with E-state index in [-0.39, 0.29) is 6.42 Å². The number of hydrogen-bond acceptors (Lipinski definition) is 1. The summed E-state index contributed by atoms with van der Waals surface area (Å²) in [7, 11) is 0. The molecule has 1 aliphatic carbocycles. The fourth-order valence-corrected chi connectivity index (χ4v) is 1.95. The summed E-state index contributed by atoms with van der Waals surface area (Å²) in [5.74, 6) is -0.404. The lowest BCUT2D eigenvalue weighted by Crippen LogP contribution is -2.34. The maximum Gasteiger partial charge on any atom is 0.523 e. The van der Waals surface area contributed by atoms with Crippen LogP contribution in [0.5, 0.6) is 0 Å². The van der Waals surface area contributed by atoms with Crippen molar-refractivity contribution in [2.24, 2.45) is 0 Å². The normalized spacial score (nSPS) is 23.3. The largest absolute Gasteiger partial charge is 0.523 e. The lowest BCUT2D eigenvalue weighted by molar-refractivity contribution is -0.355. The van der Waals surface area contributed by atoms with E-state index >= 15 is 0 Å². The smallest absolute Gasteiger partial charge is 0.281 e. The quantitative estimate of drug-likeness (QED) is 0.722. The molecule has 0 saturated carbocycles. The Morgan fingerprint density at radius 1 is 1.21 bits per heavy atom. The average Bonchev–Trinajstić information content (AvgIpc) is 2.28. The van der Waals surface area contributed by atoms with Crippen molar-refractivity contribution in [1.82, 2.24) is 0 Å². The SMILES string of the molecule is CC1(OC(F)(F)F)C=CC(c2ccccc2F)=CC1. The van der Waals surface area contributed by atoms with Crippen LogP contribution >= 0.6 is 0 Å². The van der Waals surface area contributed by atoms with Gasteiger partial charge < -0.3 is 0 Å². The lowest BCUT2D eigenvalue weighted by atomic mass is 9.90. The van der Waals surface area contributed by atoms with E-state index in [1.165, 1.54) is 25.1 Å². The van der Waals surface area contributed by atoms with Crippen molar-refractivity contribution in [3.05, 3.63) is 53.9 Å². The standard InChI is InChI=1S/C14H12F4O/c1-13(19-14(16,17)18)8-6-10(7-9-13)11-4-2-3-5-12(11)15/h2-8H,9H2,1H3. The summed E-state index contributed by atoms with van der Waals surface area (Å²) in [5.41, 5.74) is -0.512. The molecular weight excluding hydrogens is 260 g/mol. The van der Waals surface area contributed by atoms with E-state index in [0.29, 0.717) is 11.1 Å². The molecule has 0 spiro atoms. The number of halogens is 4. The third kappa shape index (κ3) is 3.44. The molecule has 1 aromatic carbocycles. The molecular formula is C14H12F4O. The Bertz CT molecular complexity index is 530. The fourth-order valence-electron chi connectivity index (χ4n) is 1.95. The van der Waals surface area contributed by atoms with Crippen molar-refractivity contribution >= 4 is 5.57 Å². The third-order valence-electron chi connectivity index (χ3n) is 2.88. The van der Waals surface area contributed by atoms with Gasteiger partial charge >= 0.3 is 6.36 Å². The van der Waals surface area contributed by atoms with E-state index in [0.717, 1.165) is 0 Å². The van der Waals surface area contributed by atoms with Gasteiger partial charge in [-0.05, 0) is 25.0 Å². The van der Waals surface area contributed by atoms with E-state index in [9.17, 15) is 17.6 Å². The molecule has 19 heavy (non-hydrogen) atoms. The van der Waals surface area contributed by atoms with Gasteiger partial charge in [0.15, 0.2) is 0 Å². The van der Waals surface area contributed by atoms with Gasteiger partial charge in [0.2, 0.25) is 0 Å². The highest BCUT2D eigenvalue weighted by Gasteiger charge is 2.39. The minimum absolute atomic E-state index is 0.0344. The molecule has 1 aliphatic rings. The first-order chi connectivity index (χ1) is 8.79. The Morgan fingerprint density at radius 3 is 2.42 bits per heavy atom. The molecule has 0 bridgehead atoms. The Balaban J connectivity index is 2.18. The number of benzene rings is 1. The van der Waals surface area contributed by atoms with Crippen LogP contribution in [0.2, 0.25) is 0 Å². The molecule has 0 fully saturated rings. The summed E-state index contributed by atoms with van der Waals surface area (Å²) in [4.78, 5) is 0. The van der Waals surface area contributed by atoms with Gasteiger partial charge in [0, 0.05) is 5.56 Å². The first-order valence-corrected chi connectivity index (χ1v) is 5.70. The van der Waals surface area contributed by atoms with Gasteiger partial charge in [-0.15, -0.1) is 13.2 Å². The van der Waals surface area contributed by atoms with Crippen LogP contribution in [-0.2, 0) is 4.74 Å². The van der Waals surface area contributed by atoms with Crippen molar-refractivity contribution in [2.75, 3.05) is 0 Å². The second kappa shape index (κ2) is 4.81. The molecule has 1 atom stereocenters. The minimum atomic E-state index is -4.69. The Kier molecular flexibility index (Phi) is 3.49. The molecule has 0 amide bonds. The van der Waals surface area contributed by atoms with Crippen molar-refractivity contribution in [1.29, 1.82) is 0 Å². The van der Waals surface area contributed by atoms with Crippen molar-refractivity contribution in [2.45, 2.75) is 25.3 Å². The molecule has 0 aliphatic heterocycles.